The van der Waals surface area contributed by atoms with Crippen LogP contribution in [0, 0.1) is 0 Å². The van der Waals surface area contributed by atoms with Gasteiger partial charge in [0.05, 0.1) is 12.0 Å². The lowest BCUT2D eigenvalue weighted by molar-refractivity contribution is -0.122. The van der Waals surface area contributed by atoms with Crippen molar-refractivity contribution in [3.63, 3.8) is 0 Å². The molecule has 0 unspecified atom stereocenters. The molecular formula is C17H16N2OS. The Balaban J connectivity index is 2.07. The Bertz CT molecular complexity index is 655. The first-order chi connectivity index (χ1) is 10.3. The number of carbonyl (C=O) groups is 1. The summed E-state index contributed by atoms with van der Waals surface area (Å²) in [5.74, 6) is -0.279. The number of thioether (sulfide) groups is 1. The topological polar surface area (TPSA) is 41.5 Å². The van der Waals surface area contributed by atoms with Gasteiger partial charge in [-0.3, -0.25) is 9.79 Å². The molecule has 2 aromatic carbocycles. The molecule has 0 spiro atoms. The van der Waals surface area contributed by atoms with Gasteiger partial charge in [-0.1, -0.05) is 72.4 Å². The van der Waals surface area contributed by atoms with Gasteiger partial charge in [0, 0.05) is 0 Å². The first-order valence-corrected chi connectivity index (χ1v) is 8.04. The molecule has 1 N–H and O–H groups in total. The SMILES string of the molecule is CSC1=N[C@@H](c2ccccc2)[C@H](c2ccccc2)C(=O)N1. The highest BCUT2D eigenvalue weighted by molar-refractivity contribution is 8.13. The van der Waals surface area contributed by atoms with Crippen molar-refractivity contribution in [2.24, 2.45) is 4.99 Å². The third-order valence-electron chi connectivity index (χ3n) is 3.58. The second kappa shape index (κ2) is 6.14. The van der Waals surface area contributed by atoms with Gasteiger partial charge in [0.1, 0.15) is 0 Å². The maximum Gasteiger partial charge on any atom is 0.236 e. The smallest absolute Gasteiger partial charge is 0.236 e. The zero-order valence-electron chi connectivity index (χ0n) is 11.7. The highest BCUT2D eigenvalue weighted by atomic mass is 32.2. The fraction of sp³-hybridized carbons (Fsp3) is 0.176. The molecule has 0 aromatic heterocycles. The van der Waals surface area contributed by atoms with Crippen molar-refractivity contribution in [2.75, 3.05) is 6.26 Å². The largest absolute Gasteiger partial charge is 0.305 e. The Hall–Kier alpha value is -2.07. The van der Waals surface area contributed by atoms with E-state index in [0.29, 0.717) is 5.17 Å². The number of hydrogen-bond donors (Lipinski definition) is 1. The normalized spacial score (nSPS) is 21.6. The van der Waals surface area contributed by atoms with Crippen LogP contribution in [-0.4, -0.2) is 17.3 Å². The Morgan fingerprint density at radius 3 is 2.10 bits per heavy atom. The van der Waals surface area contributed by atoms with E-state index in [1.165, 1.54) is 11.8 Å². The van der Waals surface area contributed by atoms with E-state index in [4.69, 9.17) is 4.99 Å². The van der Waals surface area contributed by atoms with Gasteiger partial charge in [-0.15, -0.1) is 0 Å². The second-order valence-electron chi connectivity index (χ2n) is 4.87. The van der Waals surface area contributed by atoms with Gasteiger partial charge in [0.25, 0.3) is 0 Å². The highest BCUT2D eigenvalue weighted by Gasteiger charge is 2.35. The molecule has 0 fully saturated rings. The molecule has 0 bridgehead atoms. The predicted molar refractivity (Wildman–Crippen MR) is 87.5 cm³/mol. The molecule has 1 amide bonds. The fourth-order valence-electron chi connectivity index (χ4n) is 2.57. The molecule has 4 heteroatoms. The van der Waals surface area contributed by atoms with Crippen molar-refractivity contribution < 1.29 is 4.79 Å². The first-order valence-electron chi connectivity index (χ1n) is 6.82. The molecule has 0 saturated heterocycles. The van der Waals surface area contributed by atoms with Crippen molar-refractivity contribution in [3.05, 3.63) is 71.8 Å². The third kappa shape index (κ3) is 2.85. The van der Waals surface area contributed by atoms with Crippen LogP contribution >= 0.6 is 11.8 Å². The van der Waals surface area contributed by atoms with Crippen LogP contribution in [0.2, 0.25) is 0 Å². The third-order valence-corrected chi connectivity index (χ3v) is 4.17. The van der Waals surface area contributed by atoms with E-state index in [0.717, 1.165) is 11.1 Å². The van der Waals surface area contributed by atoms with Crippen LogP contribution in [0.5, 0.6) is 0 Å². The summed E-state index contributed by atoms with van der Waals surface area (Å²) in [5, 5.41) is 3.57. The van der Waals surface area contributed by atoms with Crippen molar-refractivity contribution in [3.8, 4) is 0 Å². The Morgan fingerprint density at radius 2 is 1.52 bits per heavy atom. The van der Waals surface area contributed by atoms with Gasteiger partial charge in [-0.05, 0) is 17.4 Å². The monoisotopic (exact) mass is 296 g/mol. The van der Waals surface area contributed by atoms with Crippen LogP contribution in [0.4, 0.5) is 0 Å². The van der Waals surface area contributed by atoms with E-state index in [2.05, 4.69) is 5.32 Å². The van der Waals surface area contributed by atoms with Crippen LogP contribution in [0.25, 0.3) is 0 Å². The van der Waals surface area contributed by atoms with Crippen LogP contribution in [0.1, 0.15) is 23.1 Å². The summed E-state index contributed by atoms with van der Waals surface area (Å²) in [7, 11) is 0. The molecular weight excluding hydrogens is 280 g/mol. The maximum atomic E-state index is 12.5. The van der Waals surface area contributed by atoms with Crippen LogP contribution in [0.15, 0.2) is 65.7 Å². The molecule has 3 rings (SSSR count). The zero-order valence-corrected chi connectivity index (χ0v) is 12.5. The number of rotatable bonds is 2. The van der Waals surface area contributed by atoms with Crippen LogP contribution in [-0.2, 0) is 4.79 Å². The van der Waals surface area contributed by atoms with Crippen molar-refractivity contribution in [2.45, 2.75) is 12.0 Å². The number of nitrogens with zero attached hydrogens (tertiary/aromatic N) is 1. The fourth-order valence-corrected chi connectivity index (χ4v) is 3.00. The quantitative estimate of drug-likeness (QED) is 0.923. The molecule has 2 aromatic rings. The summed E-state index contributed by atoms with van der Waals surface area (Å²) in [6, 6.07) is 19.7. The lowest BCUT2D eigenvalue weighted by Crippen LogP contribution is -2.40. The van der Waals surface area contributed by atoms with E-state index in [9.17, 15) is 4.79 Å². The minimum atomic E-state index is -0.288. The molecule has 3 nitrogen and oxygen atoms in total. The summed E-state index contributed by atoms with van der Waals surface area (Å²) in [6.07, 6.45) is 1.92. The van der Waals surface area contributed by atoms with Crippen molar-refractivity contribution in [1.29, 1.82) is 0 Å². The Morgan fingerprint density at radius 1 is 0.952 bits per heavy atom. The number of nitrogens with one attached hydrogen (secondary N) is 1. The number of hydrogen-bond acceptors (Lipinski definition) is 3. The van der Waals surface area contributed by atoms with Gasteiger partial charge in [0.2, 0.25) is 5.91 Å². The molecule has 0 radical (unpaired) electrons. The second-order valence-corrected chi connectivity index (χ2v) is 5.67. The van der Waals surface area contributed by atoms with Crippen LogP contribution in [0.3, 0.4) is 0 Å². The lowest BCUT2D eigenvalue weighted by Gasteiger charge is -2.29. The van der Waals surface area contributed by atoms with Gasteiger partial charge in [-0.25, -0.2) is 0 Å². The van der Waals surface area contributed by atoms with E-state index < -0.39 is 0 Å². The minimum Gasteiger partial charge on any atom is -0.305 e. The number of amides is 1. The van der Waals surface area contributed by atoms with Gasteiger partial charge in [0.15, 0.2) is 5.17 Å². The number of benzene rings is 2. The Labute approximate surface area is 128 Å². The number of aliphatic imine (C=N–C) groups is 1. The molecule has 1 heterocycles. The predicted octanol–water partition coefficient (Wildman–Crippen LogP) is 3.36. The van der Waals surface area contributed by atoms with E-state index >= 15 is 0 Å². The van der Waals surface area contributed by atoms with Gasteiger partial charge >= 0.3 is 0 Å². The molecule has 1 aliphatic rings. The lowest BCUT2D eigenvalue weighted by atomic mass is 9.86. The molecule has 2 atom stereocenters. The van der Waals surface area contributed by atoms with E-state index in [1.807, 2.05) is 66.9 Å². The first kappa shape index (κ1) is 13.9. The van der Waals surface area contributed by atoms with Crippen molar-refractivity contribution in [1.82, 2.24) is 5.32 Å². The van der Waals surface area contributed by atoms with Crippen LogP contribution < -0.4 is 5.32 Å². The summed E-state index contributed by atoms with van der Waals surface area (Å²) in [4.78, 5) is 17.3. The average Bonchev–Trinajstić information content (AvgIpc) is 2.55. The summed E-state index contributed by atoms with van der Waals surface area (Å²) < 4.78 is 0. The molecule has 0 saturated carbocycles. The molecule has 21 heavy (non-hydrogen) atoms. The zero-order chi connectivity index (χ0) is 14.7. The summed E-state index contributed by atoms with van der Waals surface area (Å²) in [6.45, 7) is 0. The molecule has 106 valence electrons. The van der Waals surface area contributed by atoms with Gasteiger partial charge < -0.3 is 5.32 Å². The average molecular weight is 296 g/mol. The highest BCUT2D eigenvalue weighted by Crippen LogP contribution is 2.37. The maximum absolute atomic E-state index is 12.5. The van der Waals surface area contributed by atoms with E-state index in [-0.39, 0.29) is 17.9 Å². The standard InChI is InChI=1S/C17H16N2OS/c1-21-17-18-15(13-10-6-3-7-11-13)14(16(20)19-17)12-8-4-2-5-9-12/h2-11,14-15H,1H3,(H,18,19,20)/t14-,15-/m0/s1. The molecule has 0 aliphatic carbocycles. The number of amidine groups is 1. The van der Waals surface area contributed by atoms with Crippen molar-refractivity contribution >= 4 is 22.8 Å². The Kier molecular flexibility index (Phi) is 4.06. The molecule has 1 aliphatic heterocycles. The van der Waals surface area contributed by atoms with E-state index in [1.54, 1.807) is 0 Å². The summed E-state index contributed by atoms with van der Waals surface area (Å²) in [5.41, 5.74) is 2.06. The number of carbonyl (C=O) groups excluding carboxylic acids is 1. The van der Waals surface area contributed by atoms with Gasteiger partial charge in [-0.2, -0.15) is 0 Å². The minimum absolute atomic E-state index is 0.00871. The summed E-state index contributed by atoms with van der Waals surface area (Å²) >= 11 is 1.46.